The van der Waals surface area contributed by atoms with E-state index in [0.29, 0.717) is 12.3 Å². The number of carbonyl (C=O) groups is 1. The third kappa shape index (κ3) is 2.98. The van der Waals surface area contributed by atoms with Gasteiger partial charge in [0.25, 0.3) is 0 Å². The zero-order valence-electron chi connectivity index (χ0n) is 11.3. The molecule has 3 rings (SSSR count). The first kappa shape index (κ1) is 12.7. The van der Waals surface area contributed by atoms with Crippen molar-refractivity contribution in [2.45, 2.75) is 32.1 Å². The Morgan fingerprint density at radius 2 is 2.21 bits per heavy atom. The summed E-state index contributed by atoms with van der Waals surface area (Å²) in [6, 6.07) is 6.00. The minimum Gasteiger partial charge on any atom is -0.493 e. The van der Waals surface area contributed by atoms with Crippen molar-refractivity contribution in [3.8, 4) is 5.75 Å². The average Bonchev–Trinajstić information content (AvgIpc) is 2.47. The Balaban J connectivity index is 1.64. The predicted octanol–water partition coefficient (Wildman–Crippen LogP) is 2.58. The molecule has 1 aliphatic carbocycles. The third-order valence-corrected chi connectivity index (χ3v) is 4.12. The van der Waals surface area contributed by atoms with Gasteiger partial charge in [-0.15, -0.1) is 0 Å². The highest BCUT2D eigenvalue weighted by atomic mass is 16.5. The van der Waals surface area contributed by atoms with Gasteiger partial charge in [-0.3, -0.25) is 4.79 Å². The lowest BCUT2D eigenvalue weighted by Crippen LogP contribution is -2.33. The van der Waals surface area contributed by atoms with Crippen LogP contribution in [0.4, 0.5) is 0 Å². The normalized spacial score (nSPS) is 22.9. The molecule has 1 aromatic carbocycles. The van der Waals surface area contributed by atoms with E-state index in [2.05, 4.69) is 11.4 Å². The molecule has 3 nitrogen and oxygen atoms in total. The summed E-state index contributed by atoms with van der Waals surface area (Å²) in [6.07, 6.45) is 5.16. The number of carbonyl (C=O) groups excluding carboxylic acids is 1. The monoisotopic (exact) mass is 259 g/mol. The number of ketones is 1. The van der Waals surface area contributed by atoms with Crippen LogP contribution >= 0.6 is 0 Å². The molecule has 1 unspecified atom stereocenters. The lowest BCUT2D eigenvalue weighted by atomic mass is 9.90. The number of piperidine rings is 1. The molecule has 1 atom stereocenters. The number of fused-ring (bicyclic) bond motifs is 1. The minimum absolute atomic E-state index is 0.269. The van der Waals surface area contributed by atoms with Gasteiger partial charge in [0.2, 0.25) is 0 Å². The van der Waals surface area contributed by atoms with E-state index in [-0.39, 0.29) is 5.78 Å². The fraction of sp³-hybridized carbons (Fsp3) is 0.562. The summed E-state index contributed by atoms with van der Waals surface area (Å²) in [4.78, 5) is 11.9. The van der Waals surface area contributed by atoms with Gasteiger partial charge in [0.05, 0.1) is 6.61 Å². The third-order valence-electron chi connectivity index (χ3n) is 4.12. The minimum atomic E-state index is 0.269. The average molecular weight is 259 g/mol. The van der Waals surface area contributed by atoms with Crippen molar-refractivity contribution >= 4 is 5.78 Å². The van der Waals surface area contributed by atoms with Gasteiger partial charge in [0.15, 0.2) is 5.78 Å². The van der Waals surface area contributed by atoms with E-state index in [1.165, 1.54) is 18.4 Å². The Hall–Kier alpha value is -1.35. The van der Waals surface area contributed by atoms with Crippen molar-refractivity contribution in [1.29, 1.82) is 0 Å². The lowest BCUT2D eigenvalue weighted by molar-refractivity contribution is 0.0972. The van der Waals surface area contributed by atoms with Crippen LogP contribution in [-0.4, -0.2) is 25.5 Å². The summed E-state index contributed by atoms with van der Waals surface area (Å²) in [6.45, 7) is 2.92. The van der Waals surface area contributed by atoms with Crippen LogP contribution in [0.25, 0.3) is 0 Å². The van der Waals surface area contributed by atoms with E-state index in [1.807, 2.05) is 12.1 Å². The van der Waals surface area contributed by atoms with Crippen LogP contribution in [0.1, 0.15) is 41.6 Å². The van der Waals surface area contributed by atoms with Gasteiger partial charge in [0.1, 0.15) is 5.75 Å². The first-order chi connectivity index (χ1) is 9.33. The molecular formula is C16H21NO2. The van der Waals surface area contributed by atoms with Crippen molar-refractivity contribution in [3.05, 3.63) is 29.3 Å². The van der Waals surface area contributed by atoms with Crippen molar-refractivity contribution < 1.29 is 9.53 Å². The van der Waals surface area contributed by atoms with Crippen molar-refractivity contribution in [2.24, 2.45) is 5.92 Å². The molecule has 0 radical (unpaired) electrons. The van der Waals surface area contributed by atoms with Gasteiger partial charge < -0.3 is 10.1 Å². The van der Waals surface area contributed by atoms with Crippen LogP contribution in [0.5, 0.6) is 5.75 Å². The summed E-state index contributed by atoms with van der Waals surface area (Å²) in [5.74, 6) is 1.71. The van der Waals surface area contributed by atoms with E-state index in [9.17, 15) is 4.79 Å². The van der Waals surface area contributed by atoms with Gasteiger partial charge >= 0.3 is 0 Å². The maximum Gasteiger partial charge on any atom is 0.163 e. The first-order valence-electron chi connectivity index (χ1n) is 7.32. The SMILES string of the molecule is O=C1CCCc2ccc(OCC3CCCNC3)cc21. The maximum atomic E-state index is 11.9. The molecule has 0 amide bonds. The van der Waals surface area contributed by atoms with Gasteiger partial charge in [0, 0.05) is 24.4 Å². The number of aryl methyl sites for hydroxylation is 1. The topological polar surface area (TPSA) is 38.3 Å². The summed E-state index contributed by atoms with van der Waals surface area (Å²) in [7, 11) is 0. The molecule has 1 fully saturated rings. The number of ether oxygens (including phenoxy) is 1. The number of benzene rings is 1. The van der Waals surface area contributed by atoms with Gasteiger partial charge in [-0.25, -0.2) is 0 Å². The zero-order chi connectivity index (χ0) is 13.1. The molecule has 3 heteroatoms. The van der Waals surface area contributed by atoms with Crippen molar-refractivity contribution in [1.82, 2.24) is 5.32 Å². The van der Waals surface area contributed by atoms with Gasteiger partial charge in [-0.05, 0) is 49.9 Å². The van der Waals surface area contributed by atoms with Gasteiger partial charge in [-0.1, -0.05) is 6.07 Å². The predicted molar refractivity (Wildman–Crippen MR) is 74.8 cm³/mol. The molecule has 19 heavy (non-hydrogen) atoms. The molecule has 1 aromatic rings. The standard InChI is InChI=1S/C16H21NO2/c18-16-5-1-4-13-6-7-14(9-15(13)16)19-11-12-3-2-8-17-10-12/h6-7,9,12,17H,1-5,8,10-11H2. The molecule has 1 heterocycles. The lowest BCUT2D eigenvalue weighted by Gasteiger charge is -2.23. The van der Waals surface area contributed by atoms with Crippen LogP contribution in [0.2, 0.25) is 0 Å². The van der Waals surface area contributed by atoms with Crippen LogP contribution in [0, 0.1) is 5.92 Å². The number of Topliss-reactive ketones (excluding diaryl/α,β-unsaturated/α-hetero) is 1. The van der Waals surface area contributed by atoms with Crippen LogP contribution in [0.15, 0.2) is 18.2 Å². The quantitative estimate of drug-likeness (QED) is 0.906. The Labute approximate surface area is 114 Å². The molecule has 1 saturated heterocycles. The maximum absolute atomic E-state index is 11.9. The summed E-state index contributed by atoms with van der Waals surface area (Å²) < 4.78 is 5.87. The van der Waals surface area contributed by atoms with Crippen LogP contribution in [-0.2, 0) is 6.42 Å². The molecule has 0 bridgehead atoms. The van der Waals surface area contributed by atoms with Crippen LogP contribution in [0.3, 0.4) is 0 Å². The van der Waals surface area contributed by atoms with Gasteiger partial charge in [-0.2, -0.15) is 0 Å². The molecule has 0 saturated carbocycles. The smallest absolute Gasteiger partial charge is 0.163 e. The second-order valence-electron chi connectivity index (χ2n) is 5.62. The summed E-state index contributed by atoms with van der Waals surface area (Å²) in [5.41, 5.74) is 2.06. The van der Waals surface area contributed by atoms with E-state index < -0.39 is 0 Å². The molecule has 2 aliphatic rings. The van der Waals surface area contributed by atoms with E-state index in [0.717, 1.165) is 43.9 Å². The fourth-order valence-corrected chi connectivity index (χ4v) is 2.98. The first-order valence-corrected chi connectivity index (χ1v) is 7.32. The summed E-state index contributed by atoms with van der Waals surface area (Å²) in [5, 5.41) is 3.39. The summed E-state index contributed by atoms with van der Waals surface area (Å²) >= 11 is 0. The largest absolute Gasteiger partial charge is 0.493 e. The number of rotatable bonds is 3. The highest BCUT2D eigenvalue weighted by Gasteiger charge is 2.18. The second-order valence-corrected chi connectivity index (χ2v) is 5.62. The highest BCUT2D eigenvalue weighted by molar-refractivity contribution is 5.98. The molecule has 1 N–H and O–H groups in total. The van der Waals surface area contributed by atoms with E-state index in [4.69, 9.17) is 4.74 Å². The van der Waals surface area contributed by atoms with Crippen LogP contribution < -0.4 is 10.1 Å². The molecular weight excluding hydrogens is 238 g/mol. The number of hydrogen-bond acceptors (Lipinski definition) is 3. The fourth-order valence-electron chi connectivity index (χ4n) is 2.98. The molecule has 102 valence electrons. The Kier molecular flexibility index (Phi) is 3.83. The highest BCUT2D eigenvalue weighted by Crippen LogP contribution is 2.26. The van der Waals surface area contributed by atoms with Crippen molar-refractivity contribution in [2.75, 3.05) is 19.7 Å². The second kappa shape index (κ2) is 5.74. The number of hydrogen-bond donors (Lipinski definition) is 1. The molecule has 0 aromatic heterocycles. The Morgan fingerprint density at radius 1 is 1.26 bits per heavy atom. The van der Waals surface area contributed by atoms with E-state index in [1.54, 1.807) is 0 Å². The van der Waals surface area contributed by atoms with E-state index >= 15 is 0 Å². The Bertz CT molecular complexity index is 464. The number of nitrogens with one attached hydrogen (secondary N) is 1. The molecule has 0 spiro atoms. The Morgan fingerprint density at radius 3 is 3.05 bits per heavy atom. The zero-order valence-corrected chi connectivity index (χ0v) is 11.3. The molecule has 1 aliphatic heterocycles. The van der Waals surface area contributed by atoms with Crippen molar-refractivity contribution in [3.63, 3.8) is 0 Å².